The highest BCUT2D eigenvalue weighted by atomic mass is 35.5. The minimum absolute atomic E-state index is 0. The van der Waals surface area contributed by atoms with Crippen molar-refractivity contribution in [2.45, 2.75) is 70.7 Å². The van der Waals surface area contributed by atoms with Crippen LogP contribution in [0.2, 0.25) is 5.15 Å². The van der Waals surface area contributed by atoms with Crippen molar-refractivity contribution in [3.63, 3.8) is 0 Å². The molecule has 716 valence electrons. The van der Waals surface area contributed by atoms with Gasteiger partial charge in [-0.1, -0.05) is 70.4 Å². The van der Waals surface area contributed by atoms with E-state index in [4.69, 9.17) is 63.6 Å². The van der Waals surface area contributed by atoms with Gasteiger partial charge in [0.25, 0.3) is 0 Å². The summed E-state index contributed by atoms with van der Waals surface area (Å²) in [5.74, 6) is 1.07. The van der Waals surface area contributed by atoms with Crippen LogP contribution in [-0.2, 0) is 8.37 Å². The molecule has 47 heteroatoms. The Bertz CT molecular complexity index is 8860. The van der Waals surface area contributed by atoms with Crippen molar-refractivity contribution in [1.29, 1.82) is 0 Å². The highest BCUT2D eigenvalue weighted by Crippen LogP contribution is 2.44. The van der Waals surface area contributed by atoms with E-state index >= 15 is 0 Å². The number of hydrogen-bond donors (Lipinski definition) is 5. The van der Waals surface area contributed by atoms with Gasteiger partial charge in [-0.15, -0.1) is 12.4 Å². The maximum absolute atomic E-state index is 14.1. The van der Waals surface area contributed by atoms with Crippen LogP contribution in [0, 0.1) is 40.4 Å². The lowest BCUT2D eigenvalue weighted by molar-refractivity contribution is 0.485. The molecule has 0 fully saturated rings. The molecule has 24 rings (SSSR count). The Hall–Kier alpha value is -15.0. The molecule has 0 aliphatic heterocycles. The van der Waals surface area contributed by atoms with Crippen LogP contribution in [0.15, 0.2) is 250 Å². The molecule has 0 saturated heterocycles. The SMILES string of the molecule is COSc1nccc(-c2c3ccc(C)nc3n3c(SOC)nccc23)n1.CSc1nccc(-c2c3cc(F)c(Cl)nc3n3c(SC)nccc23)n1.CSc1nccc(-c2c3ccc(C)nc3n3c(N)nccc23)n1.CSc1nccc(-c2c3ccc(C)nc3n3c(SC)nccc23)n1.Cc1ccc2c(-c3ccnc(N)n3)c3ccnc(N)n3c2n1.Cc1ccc2c(-c3ccnc(N)n3)c3ccnc(N)n3c2n1.Cl. The number of halogens is 3. The first-order valence-corrected chi connectivity index (χ1v) is 50.9. The number of hydrogen-bond acceptors (Lipinski definition) is 38. The number of aryl methyl sites for hydroxylation is 5. The molecule has 37 nitrogen and oxygen atoms in total. The molecular weight excluding hydrogens is 1990 g/mol. The molecular formula is C96H82Cl2FN35O2S7. The van der Waals surface area contributed by atoms with Crippen molar-refractivity contribution in [1.82, 2.24) is 146 Å². The number of anilines is 5. The van der Waals surface area contributed by atoms with Gasteiger partial charge in [0.2, 0.25) is 40.1 Å². The third kappa shape index (κ3) is 19.1. The van der Waals surface area contributed by atoms with Crippen LogP contribution in [-0.4, -0.2) is 192 Å². The van der Waals surface area contributed by atoms with Crippen LogP contribution in [0.25, 0.3) is 167 Å². The first-order chi connectivity index (χ1) is 69.1. The number of nitrogens with zero attached hydrogens (tertiary/aromatic N) is 30. The topological polar surface area (TPSA) is 484 Å². The van der Waals surface area contributed by atoms with E-state index in [1.54, 1.807) is 106 Å². The van der Waals surface area contributed by atoms with Gasteiger partial charge < -0.3 is 37.0 Å². The summed E-state index contributed by atoms with van der Waals surface area (Å²) in [6.07, 6.45) is 30.5. The zero-order valence-corrected chi connectivity index (χ0v) is 85.1. The van der Waals surface area contributed by atoms with Gasteiger partial charge in [0, 0.05) is 169 Å². The lowest BCUT2D eigenvalue weighted by Gasteiger charge is -2.04. The summed E-state index contributed by atoms with van der Waals surface area (Å²) >= 11 is 15.9. The van der Waals surface area contributed by atoms with Crippen molar-refractivity contribution in [3.05, 3.63) is 253 Å². The van der Waals surface area contributed by atoms with Crippen molar-refractivity contribution in [3.8, 4) is 67.5 Å². The Kier molecular flexibility index (Phi) is 29.1. The van der Waals surface area contributed by atoms with E-state index in [2.05, 4.69) is 127 Å². The van der Waals surface area contributed by atoms with Crippen LogP contribution in [0.4, 0.5) is 34.1 Å². The van der Waals surface area contributed by atoms with E-state index in [9.17, 15) is 4.39 Å². The predicted molar refractivity (Wildman–Crippen MR) is 572 cm³/mol. The minimum Gasteiger partial charge on any atom is -0.369 e. The minimum atomic E-state index is -0.566. The van der Waals surface area contributed by atoms with Gasteiger partial charge in [-0.25, -0.2) is 124 Å². The maximum Gasteiger partial charge on any atom is 0.220 e. The molecule has 0 radical (unpaired) electrons. The number of aromatic nitrogens is 30. The monoisotopic (exact) mass is 2070 g/mol. The number of pyridine rings is 6. The standard InChI is InChI=1S/C17H15N5O2S2.C17H15N5S2.C16H11ClFN5S2.C16H14N6S.2C15H13N7.ClH/c1-10-4-5-11-14(12-6-8-18-16(21-12)25-23-2)13-7-9-19-17(26-24-3)22(13)15(11)20-10;1-10-4-5-11-14(12-6-8-18-16(21-12)23-2)13-7-9-19-17(24-3)22(13)15(11)20-10;1-24-15-19-5-3-10(21-15)12-8-7-9(18)13(17)22-14(8)23-11(12)4-6-20-16(23)25-2;1-9-3-4-10-13(11-5-7-19-16(21-11)23-2)12-6-8-18-15(17)22(12)14(10)20-9;2*1-8-2-3-9-12(10-4-6-18-14(16)21-10)11-5-7-19-15(17)22(11)13(9)20-8;/h4-9H,1-3H3;4-9H,1-3H3;3-7H,1-2H3;3-8H,1-2H3,(H2,17,18);2*2-7H,1H3,(H2,17,19)(H2,16,18,21);1H. The first-order valence-electron chi connectivity index (χ1n) is 43.0. The van der Waals surface area contributed by atoms with E-state index < -0.39 is 5.82 Å². The second kappa shape index (κ2) is 42.4. The molecule has 10 N–H and O–H groups in total. The van der Waals surface area contributed by atoms with Crippen LogP contribution in [0.5, 0.6) is 0 Å². The predicted octanol–water partition coefficient (Wildman–Crippen LogP) is 19.6. The lowest BCUT2D eigenvalue weighted by atomic mass is 10.1. The molecule has 0 saturated carbocycles. The lowest BCUT2D eigenvalue weighted by Crippen LogP contribution is -2.00. The number of rotatable bonds is 15. The van der Waals surface area contributed by atoms with Gasteiger partial charge in [0.15, 0.2) is 36.8 Å². The van der Waals surface area contributed by atoms with Gasteiger partial charge in [-0.3, -0.25) is 26.4 Å². The molecule has 24 aromatic rings. The number of thioether (sulfide) groups is 5. The number of nitrogens with two attached hydrogens (primary N) is 5. The fourth-order valence-corrected chi connectivity index (χ4v) is 19.7. The highest BCUT2D eigenvalue weighted by Gasteiger charge is 2.28. The van der Waals surface area contributed by atoms with Gasteiger partial charge >= 0.3 is 0 Å². The Labute approximate surface area is 853 Å². The van der Waals surface area contributed by atoms with Gasteiger partial charge in [-0.05, 0) is 205 Å². The molecule has 0 unspecified atom stereocenters. The second-order valence-corrected chi connectivity index (χ2v) is 36.9. The fraction of sp³-hybridized carbons (Fsp3) is 0.125. The summed E-state index contributed by atoms with van der Waals surface area (Å²) in [5, 5.41) is 10.5. The molecule has 0 aliphatic rings. The number of fused-ring (bicyclic) bond motifs is 18. The normalized spacial score (nSPS) is 11.3. The van der Waals surface area contributed by atoms with E-state index in [1.807, 2.05) is 209 Å². The van der Waals surface area contributed by atoms with Crippen molar-refractivity contribution in [2.24, 2.45) is 0 Å². The van der Waals surface area contributed by atoms with E-state index in [0.29, 0.717) is 50.0 Å². The average molecular weight is 2070 g/mol. The van der Waals surface area contributed by atoms with Gasteiger partial charge in [-0.2, -0.15) is 0 Å². The zero-order chi connectivity index (χ0) is 98.8. The zero-order valence-electron chi connectivity index (χ0n) is 77.8. The molecule has 0 bridgehead atoms. The Morgan fingerprint density at radius 2 is 0.517 bits per heavy atom. The summed E-state index contributed by atoms with van der Waals surface area (Å²) in [5.41, 5.74) is 54.9. The second-order valence-electron chi connectivity index (χ2n) is 30.9. The molecule has 24 aromatic heterocycles. The molecule has 143 heavy (non-hydrogen) atoms. The van der Waals surface area contributed by atoms with Crippen LogP contribution in [0.3, 0.4) is 0 Å². The molecule has 0 aromatic carbocycles. The Morgan fingerprint density at radius 1 is 0.266 bits per heavy atom. The van der Waals surface area contributed by atoms with E-state index in [0.717, 1.165) is 211 Å². The maximum atomic E-state index is 14.1. The van der Waals surface area contributed by atoms with Crippen molar-refractivity contribution < 1.29 is 12.8 Å². The van der Waals surface area contributed by atoms with Gasteiger partial charge in [0.05, 0.1) is 106 Å². The van der Waals surface area contributed by atoms with Crippen molar-refractivity contribution in [2.75, 3.05) is 74.2 Å². The Balaban J connectivity index is 0.000000113. The molecule has 0 spiro atoms. The van der Waals surface area contributed by atoms with Crippen LogP contribution in [0.1, 0.15) is 28.5 Å². The summed E-state index contributed by atoms with van der Waals surface area (Å²) in [6.45, 7) is 9.81. The molecule has 0 atom stereocenters. The molecule has 0 aliphatic carbocycles. The molecule has 0 amide bonds. The highest BCUT2D eigenvalue weighted by molar-refractivity contribution is 7.99. The largest absolute Gasteiger partial charge is 0.369 e. The quantitative estimate of drug-likeness (QED) is 0.0275. The van der Waals surface area contributed by atoms with E-state index in [1.165, 1.54) is 53.4 Å². The van der Waals surface area contributed by atoms with Crippen LogP contribution >= 0.6 is 107 Å². The van der Waals surface area contributed by atoms with Crippen molar-refractivity contribution >= 4 is 236 Å². The summed E-state index contributed by atoms with van der Waals surface area (Å²) in [6, 6.07) is 44.3. The third-order valence-electron chi connectivity index (χ3n) is 22.3. The van der Waals surface area contributed by atoms with Crippen LogP contribution < -0.4 is 28.7 Å². The summed E-state index contributed by atoms with van der Waals surface area (Å²) < 4.78 is 36.0. The third-order valence-corrected chi connectivity index (χ3v) is 26.7. The first kappa shape index (κ1) is 98.2. The smallest absolute Gasteiger partial charge is 0.220 e. The Morgan fingerprint density at radius 3 is 0.825 bits per heavy atom. The average Bonchev–Trinajstić information content (AvgIpc) is 1.54. The van der Waals surface area contributed by atoms with Gasteiger partial charge in [0.1, 0.15) is 33.9 Å². The fourth-order valence-electron chi connectivity index (χ4n) is 16.6. The molecule has 24 heterocycles. The number of nitrogen functional groups attached to an aromatic ring is 5. The summed E-state index contributed by atoms with van der Waals surface area (Å²) in [4.78, 5) is 105. The van der Waals surface area contributed by atoms with E-state index in [-0.39, 0.29) is 29.5 Å². The summed E-state index contributed by atoms with van der Waals surface area (Å²) in [7, 11) is 3.21.